The van der Waals surface area contributed by atoms with Gasteiger partial charge in [0.25, 0.3) is 0 Å². The number of carbonyl (C=O) groups excluding carboxylic acids is 1. The maximum absolute atomic E-state index is 12.9. The lowest BCUT2D eigenvalue weighted by atomic mass is 10.2. The fraction of sp³-hybridized carbons (Fsp3) is 0.333. The van der Waals surface area contributed by atoms with E-state index < -0.39 is 10.0 Å². The molecule has 0 radical (unpaired) electrons. The van der Waals surface area contributed by atoms with E-state index in [4.69, 9.17) is 16.3 Å². The van der Waals surface area contributed by atoms with Crippen molar-refractivity contribution in [3.8, 4) is 0 Å². The lowest BCUT2D eigenvalue weighted by Crippen LogP contribution is -2.40. The number of para-hydroxylation sites is 1. The third-order valence-electron chi connectivity index (χ3n) is 5.28. The van der Waals surface area contributed by atoms with Gasteiger partial charge in [-0.3, -0.25) is 4.79 Å². The molecule has 0 atom stereocenters. The number of fused-ring (bicyclic) bond motifs is 1. The summed E-state index contributed by atoms with van der Waals surface area (Å²) in [6, 6.07) is 12.0. The quantitative estimate of drug-likeness (QED) is 0.608. The van der Waals surface area contributed by atoms with Crippen LogP contribution in [0.3, 0.4) is 0 Å². The second-order valence-electron chi connectivity index (χ2n) is 7.28. The molecule has 1 aromatic heterocycles. The molecule has 2 aromatic carbocycles. The van der Waals surface area contributed by atoms with Gasteiger partial charge >= 0.3 is 0 Å². The second kappa shape index (κ2) is 8.96. The largest absolute Gasteiger partial charge is 0.379 e. The molecule has 1 fully saturated rings. The summed E-state index contributed by atoms with van der Waals surface area (Å²) < 4.78 is 34.4. The van der Waals surface area contributed by atoms with Crippen molar-refractivity contribution in [3.05, 3.63) is 53.3 Å². The molecular formula is C21H23ClN4O4S. The van der Waals surface area contributed by atoms with E-state index in [-0.39, 0.29) is 17.2 Å². The van der Waals surface area contributed by atoms with Crippen LogP contribution in [0.25, 0.3) is 11.0 Å². The Labute approximate surface area is 185 Å². The Balaban J connectivity index is 1.50. The molecule has 2 heterocycles. The molecule has 10 heteroatoms. The minimum atomic E-state index is -3.59. The Hall–Kier alpha value is -2.46. The first-order chi connectivity index (χ1) is 14.9. The van der Waals surface area contributed by atoms with E-state index in [9.17, 15) is 13.2 Å². The van der Waals surface area contributed by atoms with Crippen molar-refractivity contribution in [2.45, 2.75) is 17.7 Å². The van der Waals surface area contributed by atoms with E-state index in [0.717, 1.165) is 5.52 Å². The van der Waals surface area contributed by atoms with E-state index in [1.807, 2.05) is 11.6 Å². The average molecular weight is 463 g/mol. The molecule has 3 aromatic rings. The summed E-state index contributed by atoms with van der Waals surface area (Å²) in [5.74, 6) is 0.529. The van der Waals surface area contributed by atoms with Gasteiger partial charge in [0.15, 0.2) is 0 Å². The number of rotatable bonds is 6. The Morgan fingerprint density at radius 1 is 1.19 bits per heavy atom. The molecule has 1 N–H and O–H groups in total. The van der Waals surface area contributed by atoms with Gasteiger partial charge in [-0.2, -0.15) is 4.31 Å². The van der Waals surface area contributed by atoms with E-state index in [0.29, 0.717) is 54.8 Å². The van der Waals surface area contributed by atoms with Crippen LogP contribution >= 0.6 is 11.6 Å². The van der Waals surface area contributed by atoms with Crippen molar-refractivity contribution in [1.29, 1.82) is 0 Å². The summed E-state index contributed by atoms with van der Waals surface area (Å²) in [4.78, 5) is 17.1. The summed E-state index contributed by atoms with van der Waals surface area (Å²) in [6.07, 6.45) is 0.633. The monoisotopic (exact) mass is 462 g/mol. The molecule has 1 saturated heterocycles. The highest BCUT2D eigenvalue weighted by molar-refractivity contribution is 7.89. The molecule has 0 spiro atoms. The average Bonchev–Trinajstić information content (AvgIpc) is 3.09. The zero-order chi connectivity index (χ0) is 22.0. The molecule has 0 unspecified atom stereocenters. The number of carbonyl (C=O) groups is 1. The molecule has 1 amide bonds. The zero-order valence-corrected chi connectivity index (χ0v) is 18.6. The Kier molecular flexibility index (Phi) is 6.29. The van der Waals surface area contributed by atoms with Crippen LogP contribution in [0.4, 0.5) is 5.69 Å². The molecule has 1 aliphatic rings. The van der Waals surface area contributed by atoms with Crippen molar-refractivity contribution in [1.82, 2.24) is 13.9 Å². The van der Waals surface area contributed by atoms with E-state index in [1.54, 1.807) is 42.5 Å². The Morgan fingerprint density at radius 3 is 2.68 bits per heavy atom. The van der Waals surface area contributed by atoms with Crippen molar-refractivity contribution in [2.24, 2.45) is 7.05 Å². The van der Waals surface area contributed by atoms with Crippen LogP contribution in [0.2, 0.25) is 5.02 Å². The normalized spacial score (nSPS) is 15.3. The summed E-state index contributed by atoms with van der Waals surface area (Å²) >= 11 is 6.08. The standard InChI is InChI=1S/C21H23ClN4O4S/c1-25-19-7-6-15(31(28,29)26-10-12-30-13-11-26)14-18(19)23-20(25)8-9-21(27)24-17-5-3-2-4-16(17)22/h2-7,14H,8-13H2,1H3,(H,24,27). The van der Waals surface area contributed by atoms with Crippen LogP contribution in [0.15, 0.2) is 47.4 Å². The Morgan fingerprint density at radius 2 is 1.94 bits per heavy atom. The van der Waals surface area contributed by atoms with E-state index >= 15 is 0 Å². The number of halogens is 1. The van der Waals surface area contributed by atoms with E-state index in [1.165, 1.54) is 4.31 Å². The predicted molar refractivity (Wildman–Crippen MR) is 119 cm³/mol. The number of imidazole rings is 1. The van der Waals surface area contributed by atoms with Gasteiger partial charge in [0.05, 0.1) is 39.9 Å². The molecular weight excluding hydrogens is 440 g/mol. The van der Waals surface area contributed by atoms with Gasteiger partial charge < -0.3 is 14.6 Å². The first-order valence-corrected chi connectivity index (χ1v) is 11.8. The predicted octanol–water partition coefficient (Wildman–Crippen LogP) is 2.82. The molecule has 164 valence electrons. The smallest absolute Gasteiger partial charge is 0.243 e. The number of nitrogens with one attached hydrogen (secondary N) is 1. The molecule has 1 aliphatic heterocycles. The van der Waals surface area contributed by atoms with Crippen LogP contribution in [0.1, 0.15) is 12.2 Å². The number of hydrogen-bond donors (Lipinski definition) is 1. The van der Waals surface area contributed by atoms with Gasteiger partial charge in [-0.15, -0.1) is 0 Å². The fourth-order valence-electron chi connectivity index (χ4n) is 3.55. The van der Waals surface area contributed by atoms with Gasteiger partial charge in [0.2, 0.25) is 15.9 Å². The first-order valence-electron chi connectivity index (χ1n) is 9.94. The highest BCUT2D eigenvalue weighted by atomic mass is 35.5. The van der Waals surface area contributed by atoms with Crippen LogP contribution < -0.4 is 5.32 Å². The third-order valence-corrected chi connectivity index (χ3v) is 7.50. The number of anilines is 1. The molecule has 0 saturated carbocycles. The number of aryl methyl sites for hydroxylation is 2. The number of hydrogen-bond acceptors (Lipinski definition) is 5. The number of amides is 1. The maximum atomic E-state index is 12.9. The van der Waals surface area contributed by atoms with Gasteiger partial charge in [0, 0.05) is 33.0 Å². The number of ether oxygens (including phenoxy) is 1. The van der Waals surface area contributed by atoms with Gasteiger partial charge in [0.1, 0.15) is 5.82 Å². The summed E-state index contributed by atoms with van der Waals surface area (Å²) in [7, 11) is -1.74. The molecule has 31 heavy (non-hydrogen) atoms. The molecule has 8 nitrogen and oxygen atoms in total. The summed E-state index contributed by atoms with van der Waals surface area (Å²) in [5.41, 5.74) is 1.96. The highest BCUT2D eigenvalue weighted by Gasteiger charge is 2.27. The summed E-state index contributed by atoms with van der Waals surface area (Å²) in [6.45, 7) is 1.47. The van der Waals surface area contributed by atoms with E-state index in [2.05, 4.69) is 10.3 Å². The lowest BCUT2D eigenvalue weighted by Gasteiger charge is -2.26. The van der Waals surface area contributed by atoms with Crippen LogP contribution in [-0.2, 0) is 33.0 Å². The van der Waals surface area contributed by atoms with Gasteiger partial charge in [-0.1, -0.05) is 23.7 Å². The number of aromatic nitrogens is 2. The van der Waals surface area contributed by atoms with Gasteiger partial charge in [-0.05, 0) is 30.3 Å². The van der Waals surface area contributed by atoms with Gasteiger partial charge in [-0.25, -0.2) is 13.4 Å². The molecule has 0 aliphatic carbocycles. The van der Waals surface area contributed by atoms with Crippen molar-refractivity contribution in [3.63, 3.8) is 0 Å². The minimum absolute atomic E-state index is 0.171. The van der Waals surface area contributed by atoms with Crippen molar-refractivity contribution < 1.29 is 17.9 Å². The van der Waals surface area contributed by atoms with Crippen LogP contribution in [-0.4, -0.2) is 54.5 Å². The van der Waals surface area contributed by atoms with Crippen LogP contribution in [0, 0.1) is 0 Å². The maximum Gasteiger partial charge on any atom is 0.243 e. The van der Waals surface area contributed by atoms with Crippen molar-refractivity contribution in [2.75, 3.05) is 31.6 Å². The SMILES string of the molecule is Cn1c(CCC(=O)Nc2ccccc2Cl)nc2cc(S(=O)(=O)N3CCOCC3)ccc21. The first kappa shape index (κ1) is 21.8. The molecule has 0 bridgehead atoms. The number of nitrogens with zero attached hydrogens (tertiary/aromatic N) is 3. The summed E-state index contributed by atoms with van der Waals surface area (Å²) in [5, 5.41) is 3.28. The number of morpholine rings is 1. The zero-order valence-electron chi connectivity index (χ0n) is 17.0. The molecule has 4 rings (SSSR count). The number of sulfonamides is 1. The Bertz CT molecular complexity index is 1220. The number of benzene rings is 2. The lowest BCUT2D eigenvalue weighted by molar-refractivity contribution is -0.116. The highest BCUT2D eigenvalue weighted by Crippen LogP contribution is 2.24. The van der Waals surface area contributed by atoms with Crippen molar-refractivity contribution >= 4 is 44.3 Å². The third kappa shape index (κ3) is 4.59. The fourth-order valence-corrected chi connectivity index (χ4v) is 5.16. The minimum Gasteiger partial charge on any atom is -0.379 e. The topological polar surface area (TPSA) is 93.5 Å². The van der Waals surface area contributed by atoms with Crippen LogP contribution in [0.5, 0.6) is 0 Å². The second-order valence-corrected chi connectivity index (χ2v) is 9.63.